The first-order valence-corrected chi connectivity index (χ1v) is 6.11. The first-order chi connectivity index (χ1) is 7.02. The first kappa shape index (κ1) is 12.4. The third-order valence-corrected chi connectivity index (χ3v) is 3.88. The van der Waals surface area contributed by atoms with E-state index in [0.717, 1.165) is 6.42 Å². The van der Waals surface area contributed by atoms with Gasteiger partial charge in [-0.2, -0.15) is 0 Å². The van der Waals surface area contributed by atoms with Crippen LogP contribution in [0.5, 0.6) is 0 Å². The Labute approximate surface area is 98.0 Å². The lowest BCUT2D eigenvalue weighted by molar-refractivity contribution is -0.140. The van der Waals surface area contributed by atoms with Crippen LogP contribution in [-0.4, -0.2) is 38.5 Å². The highest BCUT2D eigenvalue weighted by Gasteiger charge is 2.24. The van der Waals surface area contributed by atoms with Gasteiger partial charge in [0, 0.05) is 18.7 Å². The molecule has 1 unspecified atom stereocenters. The van der Waals surface area contributed by atoms with Gasteiger partial charge in [-0.05, 0) is 6.42 Å². The molecule has 0 saturated carbocycles. The molecular formula is C9H13NO3S2. The molecule has 1 amide bonds. The molecule has 0 aliphatic carbocycles. The van der Waals surface area contributed by atoms with Gasteiger partial charge < -0.3 is 5.11 Å². The van der Waals surface area contributed by atoms with Gasteiger partial charge in [-0.15, -0.1) is 0 Å². The van der Waals surface area contributed by atoms with Gasteiger partial charge in [0.1, 0.15) is 4.32 Å². The Morgan fingerprint density at radius 1 is 1.73 bits per heavy atom. The van der Waals surface area contributed by atoms with E-state index in [-0.39, 0.29) is 5.91 Å². The summed E-state index contributed by atoms with van der Waals surface area (Å²) >= 11 is 6.34. The molecule has 0 bridgehead atoms. The number of rotatable bonds is 3. The minimum absolute atomic E-state index is 0.0514. The van der Waals surface area contributed by atoms with E-state index in [1.54, 1.807) is 11.8 Å². The van der Waals surface area contributed by atoms with E-state index in [0.29, 0.717) is 23.0 Å². The van der Waals surface area contributed by atoms with Crippen LogP contribution in [0.25, 0.3) is 0 Å². The number of carboxylic acids is 1. The zero-order valence-corrected chi connectivity index (χ0v) is 10.1. The molecule has 1 aliphatic rings. The van der Waals surface area contributed by atoms with Crippen molar-refractivity contribution in [2.45, 2.75) is 19.8 Å². The average Bonchev–Trinajstić information content (AvgIpc) is 2.60. The molecule has 1 N–H and O–H groups in total. The summed E-state index contributed by atoms with van der Waals surface area (Å²) < 4.78 is 0.505. The average molecular weight is 247 g/mol. The quantitative estimate of drug-likeness (QED) is 0.763. The topological polar surface area (TPSA) is 57.6 Å². The molecule has 15 heavy (non-hydrogen) atoms. The van der Waals surface area contributed by atoms with Crippen molar-refractivity contribution in [2.24, 2.45) is 5.92 Å². The van der Waals surface area contributed by atoms with Gasteiger partial charge >= 0.3 is 5.97 Å². The zero-order chi connectivity index (χ0) is 11.4. The lowest BCUT2D eigenvalue weighted by Gasteiger charge is -2.16. The Morgan fingerprint density at radius 3 is 2.87 bits per heavy atom. The van der Waals surface area contributed by atoms with Crippen molar-refractivity contribution < 1.29 is 14.7 Å². The minimum atomic E-state index is -0.835. The lowest BCUT2D eigenvalue weighted by atomic mass is 10.2. The number of thioether (sulfide) groups is 1. The molecular weight excluding hydrogens is 234 g/mol. The zero-order valence-electron chi connectivity index (χ0n) is 8.43. The van der Waals surface area contributed by atoms with Crippen molar-refractivity contribution >= 4 is 40.2 Å². The van der Waals surface area contributed by atoms with Gasteiger partial charge in [-0.3, -0.25) is 14.5 Å². The van der Waals surface area contributed by atoms with Gasteiger partial charge in [0.05, 0.1) is 5.92 Å². The smallest absolute Gasteiger partial charge is 0.307 e. The van der Waals surface area contributed by atoms with Crippen molar-refractivity contribution in [3.8, 4) is 0 Å². The Balaban J connectivity index is 2.36. The van der Waals surface area contributed by atoms with E-state index in [9.17, 15) is 9.59 Å². The highest BCUT2D eigenvalue weighted by atomic mass is 32.2. The summed E-state index contributed by atoms with van der Waals surface area (Å²) in [4.78, 5) is 23.4. The fraction of sp³-hybridized carbons (Fsp3) is 0.667. The molecule has 1 heterocycles. The van der Waals surface area contributed by atoms with Crippen molar-refractivity contribution in [2.75, 3.05) is 12.3 Å². The third-order valence-electron chi connectivity index (χ3n) is 2.17. The number of aliphatic carboxylic acids is 1. The molecule has 0 radical (unpaired) electrons. The summed E-state index contributed by atoms with van der Waals surface area (Å²) in [6.45, 7) is 2.30. The van der Waals surface area contributed by atoms with E-state index in [2.05, 4.69) is 0 Å². The Bertz CT molecular complexity index is 293. The molecule has 0 aromatic heterocycles. The molecule has 1 atom stereocenters. The van der Waals surface area contributed by atoms with Crippen LogP contribution in [-0.2, 0) is 9.59 Å². The van der Waals surface area contributed by atoms with Crippen LogP contribution in [0.4, 0.5) is 0 Å². The highest BCUT2D eigenvalue weighted by molar-refractivity contribution is 8.23. The van der Waals surface area contributed by atoms with Gasteiger partial charge in [-0.25, -0.2) is 0 Å². The predicted octanol–water partition coefficient (Wildman–Crippen LogP) is 1.35. The van der Waals surface area contributed by atoms with Crippen molar-refractivity contribution in [1.82, 2.24) is 4.90 Å². The second-order valence-electron chi connectivity index (χ2n) is 3.47. The van der Waals surface area contributed by atoms with Crippen LogP contribution in [0.1, 0.15) is 19.8 Å². The number of likely N-dealkylation sites (tertiary alicyclic amines) is 1. The maximum atomic E-state index is 11.3. The number of carbonyl (C=O) groups excluding carboxylic acids is 1. The van der Waals surface area contributed by atoms with E-state index < -0.39 is 11.9 Å². The fourth-order valence-corrected chi connectivity index (χ4v) is 2.47. The van der Waals surface area contributed by atoms with Crippen LogP contribution in [0.2, 0.25) is 0 Å². The fourth-order valence-electron chi connectivity index (χ4n) is 1.19. The molecule has 0 spiro atoms. The van der Waals surface area contributed by atoms with Crippen LogP contribution in [0, 0.1) is 5.92 Å². The second-order valence-corrected chi connectivity index (χ2v) is 5.12. The molecule has 1 rings (SSSR count). The van der Waals surface area contributed by atoms with Gasteiger partial charge in [0.25, 0.3) is 0 Å². The SMILES string of the molecule is CC(CSC(=S)N1CCCC1=O)C(=O)O. The van der Waals surface area contributed by atoms with Crippen LogP contribution < -0.4 is 0 Å². The molecule has 1 fully saturated rings. The van der Waals surface area contributed by atoms with E-state index in [4.69, 9.17) is 17.3 Å². The van der Waals surface area contributed by atoms with Crippen molar-refractivity contribution in [3.05, 3.63) is 0 Å². The molecule has 0 aromatic carbocycles. The number of hydrogen-bond acceptors (Lipinski definition) is 4. The van der Waals surface area contributed by atoms with Gasteiger partial charge in [0.15, 0.2) is 0 Å². The minimum Gasteiger partial charge on any atom is -0.481 e. The number of nitrogens with zero attached hydrogens (tertiary/aromatic N) is 1. The number of amides is 1. The van der Waals surface area contributed by atoms with Crippen LogP contribution >= 0.6 is 24.0 Å². The molecule has 6 heteroatoms. The lowest BCUT2D eigenvalue weighted by Crippen LogP contribution is -2.29. The largest absolute Gasteiger partial charge is 0.481 e. The molecule has 1 aliphatic heterocycles. The maximum Gasteiger partial charge on any atom is 0.307 e. The number of thiocarbonyl (C=S) groups is 1. The highest BCUT2D eigenvalue weighted by Crippen LogP contribution is 2.19. The summed E-state index contributed by atoms with van der Waals surface area (Å²) in [7, 11) is 0. The summed E-state index contributed by atoms with van der Waals surface area (Å²) in [6.07, 6.45) is 1.39. The van der Waals surface area contributed by atoms with E-state index in [1.807, 2.05) is 0 Å². The van der Waals surface area contributed by atoms with E-state index in [1.165, 1.54) is 11.8 Å². The predicted molar refractivity (Wildman–Crippen MR) is 62.8 cm³/mol. The van der Waals surface area contributed by atoms with Gasteiger partial charge in [-0.1, -0.05) is 30.9 Å². The number of hydrogen-bond donors (Lipinski definition) is 1. The first-order valence-electron chi connectivity index (χ1n) is 4.72. The summed E-state index contributed by atoms with van der Waals surface area (Å²) in [5, 5.41) is 8.68. The third kappa shape index (κ3) is 3.46. The normalized spacial score (nSPS) is 17.9. The summed E-state index contributed by atoms with van der Waals surface area (Å²) in [6, 6.07) is 0. The van der Waals surface area contributed by atoms with Crippen LogP contribution in [0.15, 0.2) is 0 Å². The molecule has 84 valence electrons. The molecule has 4 nitrogen and oxygen atoms in total. The second kappa shape index (κ2) is 5.46. The van der Waals surface area contributed by atoms with Crippen LogP contribution in [0.3, 0.4) is 0 Å². The standard InChI is InChI=1S/C9H13NO3S2/c1-6(8(12)13)5-15-9(14)10-4-2-3-7(10)11/h6H,2-5H2,1H3,(H,12,13). The van der Waals surface area contributed by atoms with Crippen molar-refractivity contribution in [1.29, 1.82) is 0 Å². The maximum absolute atomic E-state index is 11.3. The van der Waals surface area contributed by atoms with Crippen molar-refractivity contribution in [3.63, 3.8) is 0 Å². The number of carboxylic acid groups (broad SMARTS) is 1. The number of carbonyl (C=O) groups is 2. The Hall–Kier alpha value is -0.620. The summed E-state index contributed by atoms with van der Waals surface area (Å²) in [5.41, 5.74) is 0. The van der Waals surface area contributed by atoms with Gasteiger partial charge in [0.2, 0.25) is 5.91 Å². The Kier molecular flexibility index (Phi) is 4.53. The summed E-state index contributed by atoms with van der Waals surface area (Å²) in [5.74, 6) is -0.808. The monoisotopic (exact) mass is 247 g/mol. The molecule has 1 saturated heterocycles. The Morgan fingerprint density at radius 2 is 2.40 bits per heavy atom. The van der Waals surface area contributed by atoms with E-state index >= 15 is 0 Å². The molecule has 0 aromatic rings.